The lowest BCUT2D eigenvalue weighted by Crippen LogP contribution is -2.24. The largest absolute Gasteiger partial charge is 0.384 e. The van der Waals surface area contributed by atoms with E-state index >= 15 is 0 Å². The molecule has 0 atom stereocenters. The van der Waals surface area contributed by atoms with E-state index in [1.165, 1.54) is 12.3 Å². The molecule has 21 heavy (non-hydrogen) atoms. The van der Waals surface area contributed by atoms with E-state index in [0.717, 1.165) is 18.2 Å². The van der Waals surface area contributed by atoms with Gasteiger partial charge in [0.25, 0.3) is 0 Å². The van der Waals surface area contributed by atoms with Gasteiger partial charge in [-0.15, -0.1) is 0 Å². The summed E-state index contributed by atoms with van der Waals surface area (Å²) >= 11 is 0. The van der Waals surface area contributed by atoms with Crippen LogP contribution in [0.1, 0.15) is 11.3 Å². The van der Waals surface area contributed by atoms with Crippen molar-refractivity contribution in [3.63, 3.8) is 0 Å². The fraction of sp³-hybridized carbons (Fsp3) is 0.154. The number of sulfonamides is 1. The van der Waals surface area contributed by atoms with Crippen LogP contribution in [0.2, 0.25) is 0 Å². The molecule has 0 bridgehead atoms. The van der Waals surface area contributed by atoms with Crippen LogP contribution in [0.15, 0.2) is 39.9 Å². The number of halogens is 1. The lowest BCUT2D eigenvalue weighted by atomic mass is 10.2. The second-order valence-corrected chi connectivity index (χ2v) is 5.64. The van der Waals surface area contributed by atoms with Gasteiger partial charge in [-0.3, -0.25) is 0 Å². The molecule has 1 aromatic carbocycles. The predicted octanol–water partition coefficient (Wildman–Crippen LogP) is 0.636. The summed E-state index contributed by atoms with van der Waals surface area (Å²) in [6, 6.07) is 4.64. The fourth-order valence-electron chi connectivity index (χ4n) is 1.55. The van der Waals surface area contributed by atoms with Gasteiger partial charge in [-0.1, -0.05) is 17.0 Å². The molecule has 1 aromatic heterocycles. The van der Waals surface area contributed by atoms with Crippen LogP contribution in [-0.4, -0.2) is 25.3 Å². The van der Waals surface area contributed by atoms with Crippen molar-refractivity contribution in [1.29, 1.82) is 0 Å². The highest BCUT2D eigenvalue weighted by atomic mass is 32.2. The average Bonchev–Trinajstić information content (AvgIpc) is 2.96. The number of aliphatic hydroxyl groups is 1. The van der Waals surface area contributed by atoms with Gasteiger partial charge in [0.05, 0.1) is 17.6 Å². The van der Waals surface area contributed by atoms with E-state index in [1.807, 2.05) is 0 Å². The van der Waals surface area contributed by atoms with Crippen molar-refractivity contribution in [2.75, 3.05) is 6.61 Å². The third kappa shape index (κ3) is 3.88. The van der Waals surface area contributed by atoms with Crippen molar-refractivity contribution in [2.24, 2.45) is 0 Å². The maximum atomic E-state index is 13.2. The van der Waals surface area contributed by atoms with Crippen LogP contribution in [-0.2, 0) is 16.6 Å². The Hall–Kier alpha value is -2.21. The second kappa shape index (κ2) is 6.49. The van der Waals surface area contributed by atoms with Crippen LogP contribution in [0.5, 0.6) is 0 Å². The van der Waals surface area contributed by atoms with Crippen molar-refractivity contribution in [3.05, 3.63) is 47.6 Å². The number of aliphatic hydroxyl groups excluding tert-OH is 1. The molecule has 8 heteroatoms. The SMILES string of the molecule is O=S(=O)(NCc1ccno1)c1ccc(F)cc1C#CCO. The summed E-state index contributed by atoms with van der Waals surface area (Å²) in [7, 11) is -3.90. The summed E-state index contributed by atoms with van der Waals surface area (Å²) in [6.07, 6.45) is 1.39. The van der Waals surface area contributed by atoms with E-state index in [0.29, 0.717) is 5.76 Å². The van der Waals surface area contributed by atoms with Crippen LogP contribution >= 0.6 is 0 Å². The highest BCUT2D eigenvalue weighted by molar-refractivity contribution is 7.89. The zero-order valence-corrected chi connectivity index (χ0v) is 11.5. The Morgan fingerprint density at radius 2 is 2.19 bits per heavy atom. The molecule has 110 valence electrons. The zero-order valence-electron chi connectivity index (χ0n) is 10.7. The van der Waals surface area contributed by atoms with Crippen LogP contribution in [0, 0.1) is 17.7 Å². The number of hydrogen-bond donors (Lipinski definition) is 2. The molecule has 0 aliphatic carbocycles. The summed E-state index contributed by atoms with van der Waals surface area (Å²) in [4.78, 5) is -0.177. The molecule has 0 aliphatic rings. The van der Waals surface area contributed by atoms with Crippen molar-refractivity contribution in [2.45, 2.75) is 11.4 Å². The van der Waals surface area contributed by atoms with E-state index in [-0.39, 0.29) is 17.0 Å². The van der Waals surface area contributed by atoms with Gasteiger partial charge >= 0.3 is 0 Å². The Morgan fingerprint density at radius 3 is 2.86 bits per heavy atom. The van der Waals surface area contributed by atoms with Crippen LogP contribution in [0.25, 0.3) is 0 Å². The molecule has 6 nitrogen and oxygen atoms in total. The van der Waals surface area contributed by atoms with Gasteiger partial charge in [0.2, 0.25) is 10.0 Å². The van der Waals surface area contributed by atoms with Gasteiger partial charge in [0, 0.05) is 11.6 Å². The Labute approximate surface area is 120 Å². The Balaban J connectivity index is 2.30. The van der Waals surface area contributed by atoms with E-state index in [1.54, 1.807) is 0 Å². The maximum Gasteiger partial charge on any atom is 0.242 e. The topological polar surface area (TPSA) is 92.4 Å². The third-order valence-electron chi connectivity index (χ3n) is 2.46. The lowest BCUT2D eigenvalue weighted by molar-refractivity contribution is 0.350. The summed E-state index contributed by atoms with van der Waals surface area (Å²) in [5.74, 6) is 4.42. The molecule has 1 heterocycles. The van der Waals surface area contributed by atoms with Gasteiger partial charge in [-0.25, -0.2) is 17.5 Å². The van der Waals surface area contributed by atoms with Crippen LogP contribution in [0.3, 0.4) is 0 Å². The molecule has 0 saturated carbocycles. The zero-order chi connectivity index (χ0) is 15.3. The number of nitrogens with one attached hydrogen (secondary N) is 1. The molecule has 0 radical (unpaired) electrons. The van der Waals surface area contributed by atoms with Gasteiger partial charge in [0.1, 0.15) is 12.4 Å². The van der Waals surface area contributed by atoms with E-state index < -0.39 is 22.4 Å². The van der Waals surface area contributed by atoms with Crippen LogP contribution < -0.4 is 4.72 Å². The summed E-state index contributed by atoms with van der Waals surface area (Å²) < 4.78 is 44.7. The van der Waals surface area contributed by atoms with E-state index in [2.05, 4.69) is 21.7 Å². The number of nitrogens with zero attached hydrogens (tertiary/aromatic N) is 1. The first-order chi connectivity index (χ1) is 10.0. The number of hydrogen-bond acceptors (Lipinski definition) is 5. The second-order valence-electron chi connectivity index (χ2n) is 3.90. The monoisotopic (exact) mass is 310 g/mol. The van der Waals surface area contributed by atoms with Gasteiger partial charge in [0.15, 0.2) is 5.76 Å². The molecule has 2 aromatic rings. The number of benzene rings is 1. The molecule has 0 saturated heterocycles. The highest BCUT2D eigenvalue weighted by Crippen LogP contribution is 2.16. The first-order valence-electron chi connectivity index (χ1n) is 5.81. The molecule has 2 N–H and O–H groups in total. The van der Waals surface area contributed by atoms with Gasteiger partial charge in [-0.05, 0) is 18.2 Å². The molecule has 0 unspecified atom stereocenters. The number of aromatic nitrogens is 1. The maximum absolute atomic E-state index is 13.2. The Morgan fingerprint density at radius 1 is 1.38 bits per heavy atom. The van der Waals surface area contributed by atoms with E-state index in [4.69, 9.17) is 9.63 Å². The van der Waals surface area contributed by atoms with E-state index in [9.17, 15) is 12.8 Å². The molecule has 0 spiro atoms. The summed E-state index contributed by atoms with van der Waals surface area (Å²) in [6.45, 7) is -0.548. The van der Waals surface area contributed by atoms with Crippen molar-refractivity contribution >= 4 is 10.0 Å². The van der Waals surface area contributed by atoms with Crippen LogP contribution in [0.4, 0.5) is 4.39 Å². The van der Waals surface area contributed by atoms with Gasteiger partial charge in [-0.2, -0.15) is 0 Å². The average molecular weight is 310 g/mol. The fourth-order valence-corrected chi connectivity index (χ4v) is 2.68. The quantitative estimate of drug-likeness (QED) is 0.808. The standard InChI is InChI=1S/C13H11FN2O4S/c14-11-3-4-13(10(8-11)2-1-7-17)21(18,19)16-9-12-5-6-15-20-12/h3-6,8,16-17H,7,9H2. The number of rotatable bonds is 4. The Bertz CT molecular complexity index is 776. The minimum Gasteiger partial charge on any atom is -0.384 e. The molecule has 0 amide bonds. The summed E-state index contributed by atoms with van der Waals surface area (Å²) in [5, 5.41) is 12.1. The molecule has 0 fully saturated rings. The highest BCUT2D eigenvalue weighted by Gasteiger charge is 2.18. The first-order valence-corrected chi connectivity index (χ1v) is 7.30. The summed E-state index contributed by atoms with van der Waals surface area (Å²) in [5.41, 5.74) is -0.0332. The smallest absolute Gasteiger partial charge is 0.242 e. The molecular formula is C13H11FN2O4S. The third-order valence-corrected chi connectivity index (χ3v) is 3.92. The Kier molecular flexibility index (Phi) is 4.70. The van der Waals surface area contributed by atoms with Crippen molar-refractivity contribution in [1.82, 2.24) is 9.88 Å². The minimum atomic E-state index is -3.90. The predicted molar refractivity (Wildman–Crippen MR) is 70.9 cm³/mol. The van der Waals surface area contributed by atoms with Crippen molar-refractivity contribution in [3.8, 4) is 11.8 Å². The molecule has 2 rings (SSSR count). The van der Waals surface area contributed by atoms with Crippen molar-refractivity contribution < 1.29 is 22.4 Å². The molecular weight excluding hydrogens is 299 g/mol. The van der Waals surface area contributed by atoms with Gasteiger partial charge < -0.3 is 9.63 Å². The normalized spacial score (nSPS) is 11.0. The first kappa shape index (κ1) is 15.2. The lowest BCUT2D eigenvalue weighted by Gasteiger charge is -2.07. The molecule has 0 aliphatic heterocycles. The minimum absolute atomic E-state index is 0.0332.